The first-order valence-electron chi connectivity index (χ1n) is 12.1. The molecule has 3 aliphatic rings. The number of nitrogens with zero attached hydrogens (tertiary/aromatic N) is 5. The maximum Gasteiger partial charge on any atom is 0.240 e. The number of thioether (sulfide) groups is 1. The summed E-state index contributed by atoms with van der Waals surface area (Å²) in [5.74, 6) is 1.12. The molecule has 0 saturated carbocycles. The second-order valence-corrected chi connectivity index (χ2v) is 10.1. The van der Waals surface area contributed by atoms with Crippen molar-refractivity contribution in [3.05, 3.63) is 35.9 Å². The molecular formula is C24H33N5O2S. The normalized spacial score (nSPS) is 22.4. The number of hydrogen-bond acceptors (Lipinski definition) is 6. The van der Waals surface area contributed by atoms with Crippen LogP contribution in [0.5, 0.6) is 0 Å². The minimum Gasteiger partial charge on any atom is -0.376 e. The van der Waals surface area contributed by atoms with E-state index in [1.54, 1.807) is 11.8 Å². The SMILES string of the molecule is O=C(C(Sc1nnc(N2CCCC2)n1CC1CCCO1)c1ccccc1)N1CCCCC1. The average Bonchev–Trinajstić information content (AvgIpc) is 3.62. The number of hydrogen-bond donors (Lipinski definition) is 0. The van der Waals surface area contributed by atoms with Gasteiger partial charge in [-0.2, -0.15) is 0 Å². The summed E-state index contributed by atoms with van der Waals surface area (Å²) in [5.41, 5.74) is 1.03. The van der Waals surface area contributed by atoms with E-state index < -0.39 is 0 Å². The highest BCUT2D eigenvalue weighted by molar-refractivity contribution is 8.00. The fraction of sp³-hybridized carbons (Fsp3) is 0.625. The van der Waals surface area contributed by atoms with Gasteiger partial charge >= 0.3 is 0 Å². The molecule has 32 heavy (non-hydrogen) atoms. The van der Waals surface area contributed by atoms with Gasteiger partial charge in [-0.3, -0.25) is 9.36 Å². The van der Waals surface area contributed by atoms with Crippen molar-refractivity contribution in [3.8, 4) is 0 Å². The molecule has 1 amide bonds. The Morgan fingerprint density at radius 3 is 2.47 bits per heavy atom. The van der Waals surface area contributed by atoms with Gasteiger partial charge in [0.05, 0.1) is 12.6 Å². The molecule has 2 unspecified atom stereocenters. The van der Waals surface area contributed by atoms with Gasteiger partial charge in [0, 0.05) is 32.8 Å². The van der Waals surface area contributed by atoms with Crippen LogP contribution in [0.1, 0.15) is 55.8 Å². The monoisotopic (exact) mass is 455 g/mol. The largest absolute Gasteiger partial charge is 0.376 e. The number of benzene rings is 1. The van der Waals surface area contributed by atoms with Crippen LogP contribution < -0.4 is 4.90 Å². The lowest BCUT2D eigenvalue weighted by Gasteiger charge is -2.30. The highest BCUT2D eigenvalue weighted by Crippen LogP contribution is 2.38. The third-order valence-corrected chi connectivity index (χ3v) is 7.94. The van der Waals surface area contributed by atoms with Gasteiger partial charge in [-0.1, -0.05) is 42.1 Å². The quantitative estimate of drug-likeness (QED) is 0.590. The molecule has 3 fully saturated rings. The van der Waals surface area contributed by atoms with E-state index in [9.17, 15) is 4.79 Å². The molecule has 0 spiro atoms. The van der Waals surface area contributed by atoms with Crippen LogP contribution >= 0.6 is 11.8 Å². The van der Waals surface area contributed by atoms with Gasteiger partial charge in [0.25, 0.3) is 0 Å². The van der Waals surface area contributed by atoms with E-state index in [1.165, 1.54) is 19.3 Å². The molecule has 0 bridgehead atoms. The predicted molar refractivity (Wildman–Crippen MR) is 126 cm³/mol. The van der Waals surface area contributed by atoms with E-state index in [2.05, 4.69) is 31.8 Å². The lowest BCUT2D eigenvalue weighted by molar-refractivity contribution is -0.131. The summed E-state index contributed by atoms with van der Waals surface area (Å²) in [6.07, 6.45) is 8.13. The van der Waals surface area contributed by atoms with Gasteiger partial charge in [-0.25, -0.2) is 0 Å². The lowest BCUT2D eigenvalue weighted by Crippen LogP contribution is -2.38. The van der Waals surface area contributed by atoms with Gasteiger partial charge in [-0.05, 0) is 50.5 Å². The fourth-order valence-electron chi connectivity index (χ4n) is 4.95. The van der Waals surface area contributed by atoms with Crippen molar-refractivity contribution in [2.45, 2.75) is 68.0 Å². The summed E-state index contributed by atoms with van der Waals surface area (Å²) in [5, 5.41) is 9.71. The summed E-state index contributed by atoms with van der Waals surface area (Å²) in [4.78, 5) is 18.0. The van der Waals surface area contributed by atoms with Crippen LogP contribution in [-0.4, -0.2) is 64.5 Å². The molecule has 2 aromatic rings. The lowest BCUT2D eigenvalue weighted by atomic mass is 10.1. The number of ether oxygens (including phenoxy) is 1. The molecule has 1 aromatic carbocycles. The molecule has 0 N–H and O–H groups in total. The first kappa shape index (κ1) is 21.8. The van der Waals surface area contributed by atoms with Crippen molar-refractivity contribution in [3.63, 3.8) is 0 Å². The Hall–Kier alpha value is -2.06. The van der Waals surface area contributed by atoms with Crippen LogP contribution in [0.2, 0.25) is 0 Å². The molecule has 7 nitrogen and oxygen atoms in total. The molecule has 4 heterocycles. The zero-order chi connectivity index (χ0) is 21.8. The number of likely N-dealkylation sites (tertiary alicyclic amines) is 1. The van der Waals surface area contributed by atoms with Crippen molar-refractivity contribution >= 4 is 23.6 Å². The number of aromatic nitrogens is 3. The molecular weight excluding hydrogens is 422 g/mol. The minimum atomic E-state index is -0.312. The van der Waals surface area contributed by atoms with Crippen molar-refractivity contribution < 1.29 is 9.53 Å². The van der Waals surface area contributed by atoms with Gasteiger partial charge in [0.2, 0.25) is 11.9 Å². The predicted octanol–water partition coefficient (Wildman–Crippen LogP) is 3.90. The number of piperidine rings is 1. The molecule has 172 valence electrons. The number of rotatable bonds is 7. The zero-order valence-corrected chi connectivity index (χ0v) is 19.5. The fourth-order valence-corrected chi connectivity index (χ4v) is 6.07. The second kappa shape index (κ2) is 10.3. The average molecular weight is 456 g/mol. The molecule has 0 radical (unpaired) electrons. The summed E-state index contributed by atoms with van der Waals surface area (Å²) in [7, 11) is 0. The van der Waals surface area contributed by atoms with E-state index in [0.717, 1.165) is 81.7 Å². The zero-order valence-electron chi connectivity index (χ0n) is 18.7. The van der Waals surface area contributed by atoms with E-state index in [0.29, 0.717) is 0 Å². The van der Waals surface area contributed by atoms with Gasteiger partial charge < -0.3 is 14.5 Å². The molecule has 2 atom stereocenters. The van der Waals surface area contributed by atoms with Gasteiger partial charge in [0.15, 0.2) is 5.16 Å². The van der Waals surface area contributed by atoms with E-state index in [-0.39, 0.29) is 17.3 Å². The Labute approximate surface area is 194 Å². The van der Waals surface area contributed by atoms with Crippen LogP contribution in [0.25, 0.3) is 0 Å². The molecule has 8 heteroatoms. The number of carbonyl (C=O) groups excluding carboxylic acids is 1. The standard InChI is InChI=1S/C24H33N5O2S/c30-22(27-13-5-2-6-14-27)21(19-10-3-1-4-11-19)32-24-26-25-23(28-15-7-8-16-28)29(24)18-20-12-9-17-31-20/h1,3-4,10-11,20-21H,2,5-9,12-18H2. The molecule has 0 aliphatic carbocycles. The molecule has 5 rings (SSSR count). The maximum absolute atomic E-state index is 13.6. The van der Waals surface area contributed by atoms with E-state index >= 15 is 0 Å². The van der Waals surface area contributed by atoms with E-state index in [4.69, 9.17) is 4.74 Å². The molecule has 1 aromatic heterocycles. The van der Waals surface area contributed by atoms with Crippen molar-refractivity contribution in [2.75, 3.05) is 37.7 Å². The first-order chi connectivity index (χ1) is 15.8. The van der Waals surface area contributed by atoms with Crippen molar-refractivity contribution in [2.24, 2.45) is 0 Å². The maximum atomic E-state index is 13.6. The van der Waals surface area contributed by atoms with E-state index in [1.807, 2.05) is 23.1 Å². The van der Waals surface area contributed by atoms with Crippen LogP contribution in [-0.2, 0) is 16.1 Å². The van der Waals surface area contributed by atoms with Crippen LogP contribution in [0.15, 0.2) is 35.5 Å². The Morgan fingerprint density at radius 1 is 1.00 bits per heavy atom. The Kier molecular flexibility index (Phi) is 6.97. The number of anilines is 1. The highest BCUT2D eigenvalue weighted by Gasteiger charge is 2.32. The summed E-state index contributed by atoms with van der Waals surface area (Å²) < 4.78 is 8.17. The third-order valence-electron chi connectivity index (χ3n) is 6.71. The third kappa shape index (κ3) is 4.81. The topological polar surface area (TPSA) is 63.5 Å². The second-order valence-electron chi connectivity index (χ2n) is 9.02. The van der Waals surface area contributed by atoms with Gasteiger partial charge in [-0.15, -0.1) is 10.2 Å². The van der Waals surface area contributed by atoms with Crippen molar-refractivity contribution in [1.82, 2.24) is 19.7 Å². The van der Waals surface area contributed by atoms with Gasteiger partial charge in [0.1, 0.15) is 5.25 Å². The highest BCUT2D eigenvalue weighted by atomic mass is 32.2. The van der Waals surface area contributed by atoms with Crippen LogP contribution in [0.4, 0.5) is 5.95 Å². The summed E-state index contributed by atoms with van der Waals surface area (Å²) >= 11 is 1.55. The number of amides is 1. The summed E-state index contributed by atoms with van der Waals surface area (Å²) in [6, 6.07) is 10.1. The first-order valence-corrected chi connectivity index (χ1v) is 13.0. The number of carbonyl (C=O) groups is 1. The molecule has 3 saturated heterocycles. The minimum absolute atomic E-state index is 0.190. The Bertz CT molecular complexity index is 887. The smallest absolute Gasteiger partial charge is 0.240 e. The van der Waals surface area contributed by atoms with Crippen LogP contribution in [0.3, 0.4) is 0 Å². The summed E-state index contributed by atoms with van der Waals surface area (Å²) in [6.45, 7) is 5.32. The van der Waals surface area contributed by atoms with Crippen molar-refractivity contribution in [1.29, 1.82) is 0 Å². The Morgan fingerprint density at radius 2 is 1.75 bits per heavy atom. The molecule has 3 aliphatic heterocycles. The van der Waals surface area contributed by atoms with Crippen LogP contribution in [0, 0.1) is 0 Å². The Balaban J connectivity index is 1.44.